The number of nitrogens with zero attached hydrogens (tertiary/aromatic N) is 3. The van der Waals surface area contributed by atoms with Crippen LogP contribution in [0.25, 0.3) is 0 Å². The van der Waals surface area contributed by atoms with Crippen molar-refractivity contribution in [1.29, 1.82) is 0 Å². The van der Waals surface area contributed by atoms with Crippen LogP contribution in [0.4, 0.5) is 0 Å². The van der Waals surface area contributed by atoms with E-state index in [1.54, 1.807) is 7.11 Å². The molecule has 28 heavy (non-hydrogen) atoms. The lowest BCUT2D eigenvalue weighted by Gasteiger charge is -2.37. The van der Waals surface area contributed by atoms with Crippen molar-refractivity contribution in [3.8, 4) is 0 Å². The number of benzene rings is 1. The third-order valence-corrected chi connectivity index (χ3v) is 6.63. The summed E-state index contributed by atoms with van der Waals surface area (Å²) in [4.78, 5) is 22.6. The Morgan fingerprint density at radius 1 is 1.18 bits per heavy atom. The Morgan fingerprint density at radius 2 is 1.93 bits per heavy atom. The standard InChI is InChI=1S/C22H27N3O3/c1-27-19(16-7-3-2-4-8-16)20-23-17-15-24(14-9-18(17)28-20)21(26)22-10-5-12-25(22)13-6-11-22/h2-4,7-8,19H,5-6,9-15H2,1H3. The molecule has 2 fully saturated rings. The third-order valence-electron chi connectivity index (χ3n) is 6.63. The molecule has 0 radical (unpaired) electrons. The lowest BCUT2D eigenvalue weighted by molar-refractivity contribution is -0.142. The minimum atomic E-state index is -0.324. The number of aromatic nitrogens is 1. The van der Waals surface area contributed by atoms with Gasteiger partial charge in [-0.2, -0.15) is 0 Å². The molecule has 1 atom stereocenters. The second kappa shape index (κ2) is 7.01. The average molecular weight is 381 g/mol. The van der Waals surface area contributed by atoms with Crippen LogP contribution >= 0.6 is 0 Å². The van der Waals surface area contributed by atoms with E-state index in [0.29, 0.717) is 24.9 Å². The number of carbonyl (C=O) groups is 1. The van der Waals surface area contributed by atoms with Gasteiger partial charge in [0.15, 0.2) is 6.10 Å². The highest BCUT2D eigenvalue weighted by Gasteiger charge is 2.52. The summed E-state index contributed by atoms with van der Waals surface area (Å²) in [7, 11) is 1.67. The summed E-state index contributed by atoms with van der Waals surface area (Å²) in [5.41, 5.74) is 1.65. The molecule has 0 aliphatic carbocycles. The number of rotatable bonds is 4. The zero-order valence-corrected chi connectivity index (χ0v) is 16.4. The largest absolute Gasteiger partial charge is 0.442 e. The maximum absolute atomic E-state index is 13.4. The number of hydrogen-bond acceptors (Lipinski definition) is 5. The lowest BCUT2D eigenvalue weighted by Crippen LogP contribution is -2.54. The van der Waals surface area contributed by atoms with E-state index >= 15 is 0 Å². The Labute approximate surface area is 165 Å². The molecule has 2 aromatic rings. The number of hydrogen-bond donors (Lipinski definition) is 0. The number of fused-ring (bicyclic) bond motifs is 2. The number of amides is 1. The van der Waals surface area contributed by atoms with Crippen LogP contribution in [0, 0.1) is 0 Å². The van der Waals surface area contributed by atoms with Gasteiger partial charge in [-0.25, -0.2) is 4.98 Å². The summed E-state index contributed by atoms with van der Waals surface area (Å²) in [6.07, 6.45) is 4.65. The molecule has 4 heterocycles. The second-order valence-electron chi connectivity index (χ2n) is 8.15. The van der Waals surface area contributed by atoms with E-state index in [9.17, 15) is 4.79 Å². The molecule has 0 spiro atoms. The van der Waals surface area contributed by atoms with Gasteiger partial charge in [0.2, 0.25) is 11.8 Å². The Hall–Kier alpha value is -2.18. The molecule has 2 saturated heterocycles. The first kappa shape index (κ1) is 17.9. The zero-order chi connectivity index (χ0) is 19.1. The predicted molar refractivity (Wildman–Crippen MR) is 104 cm³/mol. The minimum absolute atomic E-state index is 0.247. The molecule has 6 nitrogen and oxygen atoms in total. The first-order valence-corrected chi connectivity index (χ1v) is 10.3. The smallest absolute Gasteiger partial charge is 0.243 e. The van der Waals surface area contributed by atoms with Crippen LogP contribution in [0.3, 0.4) is 0 Å². The van der Waals surface area contributed by atoms with E-state index in [-0.39, 0.29) is 11.6 Å². The molecule has 0 N–H and O–H groups in total. The van der Waals surface area contributed by atoms with Gasteiger partial charge in [-0.15, -0.1) is 0 Å². The minimum Gasteiger partial charge on any atom is -0.442 e. The second-order valence-corrected chi connectivity index (χ2v) is 8.15. The number of carbonyl (C=O) groups excluding carboxylic acids is 1. The Balaban J connectivity index is 1.37. The first-order valence-electron chi connectivity index (χ1n) is 10.3. The van der Waals surface area contributed by atoms with Gasteiger partial charge >= 0.3 is 0 Å². The molecule has 3 aliphatic heterocycles. The molecule has 0 bridgehead atoms. The van der Waals surface area contributed by atoms with Crippen molar-refractivity contribution in [3.05, 3.63) is 53.2 Å². The Morgan fingerprint density at radius 3 is 2.64 bits per heavy atom. The highest BCUT2D eigenvalue weighted by atomic mass is 16.5. The van der Waals surface area contributed by atoms with Crippen LogP contribution in [-0.2, 0) is 22.5 Å². The molecular formula is C22H27N3O3. The molecule has 1 aromatic carbocycles. The Kier molecular flexibility index (Phi) is 4.48. The van der Waals surface area contributed by atoms with E-state index in [4.69, 9.17) is 14.1 Å². The van der Waals surface area contributed by atoms with Gasteiger partial charge in [0.25, 0.3) is 0 Å². The summed E-state index contributed by atoms with van der Waals surface area (Å²) >= 11 is 0. The van der Waals surface area contributed by atoms with Gasteiger partial charge in [-0.05, 0) is 44.3 Å². The summed E-state index contributed by atoms with van der Waals surface area (Å²) < 4.78 is 11.7. The molecule has 1 amide bonds. The number of ether oxygens (including phenoxy) is 1. The predicted octanol–water partition coefficient (Wildman–Crippen LogP) is 2.92. The molecular weight excluding hydrogens is 354 g/mol. The molecule has 148 valence electrons. The molecule has 3 aliphatic rings. The topological polar surface area (TPSA) is 58.8 Å². The van der Waals surface area contributed by atoms with Crippen molar-refractivity contribution in [2.45, 2.75) is 50.3 Å². The number of methoxy groups -OCH3 is 1. The van der Waals surface area contributed by atoms with Crippen molar-refractivity contribution < 1.29 is 13.9 Å². The maximum Gasteiger partial charge on any atom is 0.243 e. The Bertz CT molecular complexity index is 853. The van der Waals surface area contributed by atoms with Crippen LogP contribution in [0.5, 0.6) is 0 Å². The van der Waals surface area contributed by atoms with Crippen molar-refractivity contribution >= 4 is 5.91 Å². The fourth-order valence-electron chi connectivity index (χ4n) is 5.26. The molecule has 5 rings (SSSR count). The van der Waals surface area contributed by atoms with Crippen LogP contribution in [0.15, 0.2) is 34.7 Å². The van der Waals surface area contributed by atoms with Crippen LogP contribution < -0.4 is 0 Å². The van der Waals surface area contributed by atoms with Gasteiger partial charge in [0.1, 0.15) is 17.0 Å². The molecule has 6 heteroatoms. The van der Waals surface area contributed by atoms with Crippen LogP contribution in [0.2, 0.25) is 0 Å². The SMILES string of the molecule is COC(c1ccccc1)c1nc2c(o1)CCN(C(=O)C13CCCN1CCC3)C2. The van der Waals surface area contributed by atoms with Gasteiger partial charge in [0.05, 0.1) is 6.54 Å². The molecule has 1 aromatic heterocycles. The summed E-state index contributed by atoms with van der Waals surface area (Å²) in [5.74, 6) is 1.77. The lowest BCUT2D eigenvalue weighted by atomic mass is 9.91. The highest BCUT2D eigenvalue weighted by Crippen LogP contribution is 2.41. The summed E-state index contributed by atoms with van der Waals surface area (Å²) in [5, 5.41) is 0. The maximum atomic E-state index is 13.4. The van der Waals surface area contributed by atoms with Crippen molar-refractivity contribution in [3.63, 3.8) is 0 Å². The van der Waals surface area contributed by atoms with Gasteiger partial charge in [-0.3, -0.25) is 9.69 Å². The zero-order valence-electron chi connectivity index (χ0n) is 16.4. The van der Waals surface area contributed by atoms with E-state index in [0.717, 1.165) is 62.2 Å². The summed E-state index contributed by atoms with van der Waals surface area (Å²) in [6.45, 7) is 3.37. The van der Waals surface area contributed by atoms with E-state index in [1.165, 1.54) is 0 Å². The van der Waals surface area contributed by atoms with Crippen LogP contribution in [-0.4, -0.2) is 53.0 Å². The van der Waals surface area contributed by atoms with E-state index in [2.05, 4.69) is 4.90 Å². The van der Waals surface area contributed by atoms with Gasteiger partial charge < -0.3 is 14.1 Å². The van der Waals surface area contributed by atoms with E-state index in [1.807, 2.05) is 35.2 Å². The van der Waals surface area contributed by atoms with Crippen molar-refractivity contribution in [2.24, 2.45) is 0 Å². The quantitative estimate of drug-likeness (QED) is 0.815. The van der Waals surface area contributed by atoms with Gasteiger partial charge in [-0.1, -0.05) is 30.3 Å². The number of oxazole rings is 1. The average Bonchev–Trinajstić information content (AvgIpc) is 3.42. The van der Waals surface area contributed by atoms with Crippen LogP contribution in [0.1, 0.15) is 54.7 Å². The highest BCUT2D eigenvalue weighted by molar-refractivity contribution is 5.87. The first-order chi connectivity index (χ1) is 13.7. The molecule has 1 unspecified atom stereocenters. The third kappa shape index (κ3) is 2.78. The monoisotopic (exact) mass is 381 g/mol. The summed E-state index contributed by atoms with van der Waals surface area (Å²) in [6, 6.07) is 9.98. The van der Waals surface area contributed by atoms with Gasteiger partial charge in [0, 0.05) is 20.1 Å². The fraction of sp³-hybridized carbons (Fsp3) is 0.545. The van der Waals surface area contributed by atoms with Crippen molar-refractivity contribution in [1.82, 2.24) is 14.8 Å². The van der Waals surface area contributed by atoms with Crippen molar-refractivity contribution in [2.75, 3.05) is 26.7 Å². The van der Waals surface area contributed by atoms with E-state index < -0.39 is 0 Å². The normalized spacial score (nSPS) is 22.1. The molecule has 0 saturated carbocycles. The fourth-order valence-corrected chi connectivity index (χ4v) is 5.26.